The summed E-state index contributed by atoms with van der Waals surface area (Å²) in [6.45, 7) is 10.3. The van der Waals surface area contributed by atoms with Crippen LogP contribution < -0.4 is 5.32 Å². The average molecular weight is 391 g/mol. The second kappa shape index (κ2) is 7.49. The van der Waals surface area contributed by atoms with Crippen molar-refractivity contribution in [2.24, 2.45) is 0 Å². The highest BCUT2D eigenvalue weighted by Crippen LogP contribution is 2.28. The van der Waals surface area contributed by atoms with E-state index in [4.69, 9.17) is 9.47 Å². The van der Waals surface area contributed by atoms with Crippen LogP contribution in [-0.4, -0.2) is 43.9 Å². The number of aromatic nitrogens is 2. The molecule has 0 aliphatic rings. The number of fused-ring (bicyclic) bond motifs is 1. The first-order chi connectivity index (χ1) is 12.8. The highest BCUT2D eigenvalue weighted by atomic mass is 16.6. The van der Waals surface area contributed by atoms with Gasteiger partial charge in [-0.3, -0.25) is 10.1 Å². The molecule has 9 nitrogen and oxygen atoms in total. The monoisotopic (exact) mass is 391 g/mol. The molecule has 2 aromatic heterocycles. The van der Waals surface area contributed by atoms with Gasteiger partial charge in [-0.15, -0.1) is 0 Å². The zero-order valence-electron chi connectivity index (χ0n) is 16.8. The number of carboxylic acids is 1. The van der Waals surface area contributed by atoms with E-state index in [-0.39, 0.29) is 17.8 Å². The van der Waals surface area contributed by atoms with Crippen LogP contribution in [0.3, 0.4) is 0 Å². The third-order valence-corrected chi connectivity index (χ3v) is 3.36. The van der Waals surface area contributed by atoms with Crippen LogP contribution in [0.5, 0.6) is 0 Å². The Balaban J connectivity index is 2.40. The molecule has 28 heavy (non-hydrogen) atoms. The Hall–Kier alpha value is -3.10. The zero-order chi connectivity index (χ0) is 21.3. The average Bonchev–Trinajstić information content (AvgIpc) is 2.86. The Morgan fingerprint density at radius 3 is 2.25 bits per heavy atom. The van der Waals surface area contributed by atoms with Crippen molar-refractivity contribution in [2.45, 2.75) is 59.3 Å². The maximum atomic E-state index is 12.2. The topological polar surface area (TPSA) is 120 Å². The molecule has 2 aromatic rings. The summed E-state index contributed by atoms with van der Waals surface area (Å²) in [4.78, 5) is 40.0. The minimum Gasteiger partial charge on any atom is -0.478 e. The molecule has 0 unspecified atom stereocenters. The maximum absolute atomic E-state index is 12.2. The molecule has 0 atom stereocenters. The highest BCUT2D eigenvalue weighted by Gasteiger charge is 2.23. The molecule has 0 bridgehead atoms. The molecule has 0 radical (unpaired) electrons. The third kappa shape index (κ3) is 5.45. The molecule has 0 saturated heterocycles. The number of carboxylic acid groups (broad SMARTS) is 1. The summed E-state index contributed by atoms with van der Waals surface area (Å²) in [6.07, 6.45) is 1.92. The molecule has 0 aliphatic heterocycles. The lowest BCUT2D eigenvalue weighted by Crippen LogP contribution is -2.28. The van der Waals surface area contributed by atoms with Crippen molar-refractivity contribution in [1.82, 2.24) is 9.55 Å². The Morgan fingerprint density at radius 1 is 1.11 bits per heavy atom. The van der Waals surface area contributed by atoms with Crippen LogP contribution in [0.4, 0.5) is 10.5 Å². The number of amides is 1. The molecule has 2 N–H and O–H groups in total. The van der Waals surface area contributed by atoms with Gasteiger partial charge < -0.3 is 19.1 Å². The van der Waals surface area contributed by atoms with E-state index >= 15 is 0 Å². The number of hydrogen-bond acceptors (Lipinski definition) is 6. The van der Waals surface area contributed by atoms with E-state index in [9.17, 15) is 19.5 Å². The van der Waals surface area contributed by atoms with E-state index < -0.39 is 29.2 Å². The van der Waals surface area contributed by atoms with Crippen LogP contribution in [0.15, 0.2) is 18.5 Å². The normalized spacial score (nSPS) is 11.9. The van der Waals surface area contributed by atoms with Crippen LogP contribution in [0.1, 0.15) is 51.9 Å². The second-order valence-corrected chi connectivity index (χ2v) is 8.25. The molecule has 9 heteroatoms. The van der Waals surface area contributed by atoms with E-state index in [1.165, 1.54) is 4.57 Å². The summed E-state index contributed by atoms with van der Waals surface area (Å²) in [5, 5.41) is 12.3. The lowest BCUT2D eigenvalue weighted by molar-refractivity contribution is -0.155. The number of nitrogens with zero attached hydrogens (tertiary/aromatic N) is 2. The summed E-state index contributed by atoms with van der Waals surface area (Å²) in [6, 6.07) is 1.58. The molecule has 1 amide bonds. The fourth-order valence-electron chi connectivity index (χ4n) is 2.48. The van der Waals surface area contributed by atoms with Gasteiger partial charge in [-0.25, -0.2) is 14.6 Å². The molecular weight excluding hydrogens is 366 g/mol. The number of rotatable bonds is 4. The van der Waals surface area contributed by atoms with E-state index in [2.05, 4.69) is 10.3 Å². The summed E-state index contributed by atoms with van der Waals surface area (Å²) >= 11 is 0. The van der Waals surface area contributed by atoms with Crippen molar-refractivity contribution < 1.29 is 29.0 Å². The van der Waals surface area contributed by atoms with Crippen molar-refractivity contribution in [1.29, 1.82) is 0 Å². The summed E-state index contributed by atoms with van der Waals surface area (Å²) in [5.74, 6) is -1.71. The van der Waals surface area contributed by atoms with Gasteiger partial charge in [0, 0.05) is 17.8 Å². The number of carbonyl (C=O) groups is 3. The van der Waals surface area contributed by atoms with Gasteiger partial charge in [0.25, 0.3) is 0 Å². The van der Waals surface area contributed by atoms with E-state index in [1.54, 1.807) is 53.8 Å². The lowest BCUT2D eigenvalue weighted by Gasteiger charge is -2.20. The van der Waals surface area contributed by atoms with Crippen LogP contribution in [0.2, 0.25) is 0 Å². The molecular formula is C19H25N3O6. The van der Waals surface area contributed by atoms with Gasteiger partial charge in [-0.05, 0) is 47.6 Å². The zero-order valence-corrected chi connectivity index (χ0v) is 16.8. The predicted molar refractivity (Wildman–Crippen MR) is 102 cm³/mol. The molecule has 2 rings (SSSR count). The quantitative estimate of drug-likeness (QED) is 0.766. The summed E-state index contributed by atoms with van der Waals surface area (Å²) < 4.78 is 12.0. The van der Waals surface area contributed by atoms with Gasteiger partial charge in [0.15, 0.2) is 0 Å². The van der Waals surface area contributed by atoms with Crippen LogP contribution in [0, 0.1) is 0 Å². The third-order valence-electron chi connectivity index (χ3n) is 3.36. The minimum atomic E-state index is -1.25. The minimum absolute atomic E-state index is 0.0506. The van der Waals surface area contributed by atoms with Gasteiger partial charge in [-0.1, -0.05) is 0 Å². The Labute approximate surface area is 162 Å². The van der Waals surface area contributed by atoms with Crippen molar-refractivity contribution in [3.05, 3.63) is 24.0 Å². The Bertz CT molecular complexity index is 918. The second-order valence-electron chi connectivity index (χ2n) is 8.25. The molecule has 0 saturated carbocycles. The lowest BCUT2D eigenvalue weighted by atomic mass is 10.1. The Morgan fingerprint density at radius 2 is 1.71 bits per heavy atom. The summed E-state index contributed by atoms with van der Waals surface area (Å²) in [5.41, 5.74) is -1.18. The number of pyridine rings is 1. The first-order valence-electron chi connectivity index (χ1n) is 8.70. The number of hydrogen-bond donors (Lipinski definition) is 2. The molecule has 0 spiro atoms. The maximum Gasteiger partial charge on any atom is 0.412 e. The fourth-order valence-corrected chi connectivity index (χ4v) is 2.48. The fraction of sp³-hybridized carbons (Fsp3) is 0.474. The molecule has 0 aliphatic carbocycles. The molecule has 0 fully saturated rings. The number of carbonyl (C=O) groups excluding carboxylic acids is 2. The highest BCUT2D eigenvalue weighted by molar-refractivity contribution is 6.08. The standard InChI is InChI=1S/C19H25N3O6/c1-18(2,3)27-13(23)10-22-8-7-11-14(21-17(26)28-19(4,5)6)12(16(24)25)9-20-15(11)22/h7-9H,10H2,1-6H3,(H,24,25)(H,20,21,26). The molecule has 152 valence electrons. The number of anilines is 1. The summed E-state index contributed by atoms with van der Waals surface area (Å²) in [7, 11) is 0. The van der Waals surface area contributed by atoms with Gasteiger partial charge in [-0.2, -0.15) is 0 Å². The van der Waals surface area contributed by atoms with Crippen LogP contribution >= 0.6 is 0 Å². The largest absolute Gasteiger partial charge is 0.478 e. The number of esters is 1. The van der Waals surface area contributed by atoms with E-state index in [0.29, 0.717) is 11.0 Å². The number of aromatic carboxylic acids is 1. The SMILES string of the molecule is CC(C)(C)OC(=O)Cn1ccc2c(NC(=O)OC(C)(C)C)c(C(=O)O)cnc21. The van der Waals surface area contributed by atoms with Gasteiger partial charge in [0.05, 0.1) is 5.69 Å². The predicted octanol–water partition coefficient (Wildman–Crippen LogP) is 3.42. The van der Waals surface area contributed by atoms with Crippen LogP contribution in [-0.2, 0) is 20.8 Å². The number of nitrogens with one attached hydrogen (secondary N) is 1. The first kappa shape index (κ1) is 21.2. The van der Waals surface area contributed by atoms with Gasteiger partial charge in [0.2, 0.25) is 0 Å². The van der Waals surface area contributed by atoms with Crippen LogP contribution in [0.25, 0.3) is 11.0 Å². The van der Waals surface area contributed by atoms with Gasteiger partial charge >= 0.3 is 18.0 Å². The van der Waals surface area contributed by atoms with Crippen molar-refractivity contribution in [3.63, 3.8) is 0 Å². The van der Waals surface area contributed by atoms with Crippen molar-refractivity contribution in [3.8, 4) is 0 Å². The van der Waals surface area contributed by atoms with E-state index in [1.807, 2.05) is 0 Å². The molecule has 2 heterocycles. The van der Waals surface area contributed by atoms with Crippen molar-refractivity contribution in [2.75, 3.05) is 5.32 Å². The van der Waals surface area contributed by atoms with Gasteiger partial charge in [0.1, 0.15) is 29.0 Å². The molecule has 0 aromatic carbocycles. The smallest absolute Gasteiger partial charge is 0.412 e. The Kier molecular flexibility index (Phi) is 5.67. The van der Waals surface area contributed by atoms with E-state index in [0.717, 1.165) is 6.20 Å². The van der Waals surface area contributed by atoms with Crippen molar-refractivity contribution >= 4 is 34.8 Å². The first-order valence-corrected chi connectivity index (χ1v) is 8.70. The number of ether oxygens (including phenoxy) is 2.